The van der Waals surface area contributed by atoms with Gasteiger partial charge in [-0.15, -0.1) is 0 Å². The van der Waals surface area contributed by atoms with E-state index in [1.807, 2.05) is 0 Å². The third kappa shape index (κ3) is 1.96. The summed E-state index contributed by atoms with van der Waals surface area (Å²) in [6, 6.07) is 2.05. The lowest BCUT2D eigenvalue weighted by Crippen LogP contribution is -2.46. The van der Waals surface area contributed by atoms with Crippen LogP contribution in [0, 0.1) is 12.8 Å². The van der Waals surface area contributed by atoms with Crippen LogP contribution in [0.15, 0.2) is 16.7 Å². The Morgan fingerprint density at radius 1 is 1.53 bits per heavy atom. The lowest BCUT2D eigenvalue weighted by Gasteiger charge is -2.33. The number of aryl methyl sites for hydroxylation is 1. The molecule has 1 atom stereocenters. The molecule has 2 rings (SSSR count). The molecule has 0 aliphatic carbocycles. The normalized spacial score (nSPS) is 26.4. The van der Waals surface area contributed by atoms with Gasteiger partial charge in [-0.2, -0.15) is 0 Å². The highest BCUT2D eigenvalue weighted by molar-refractivity contribution is 5.18. The maximum Gasteiger partial charge on any atom is 0.108 e. The predicted molar refractivity (Wildman–Crippen MR) is 62.0 cm³/mol. The van der Waals surface area contributed by atoms with Gasteiger partial charge in [-0.1, -0.05) is 13.8 Å². The van der Waals surface area contributed by atoms with Crippen LogP contribution in [0.2, 0.25) is 0 Å². The van der Waals surface area contributed by atoms with Crippen LogP contribution in [0.25, 0.3) is 0 Å². The van der Waals surface area contributed by atoms with E-state index in [0.717, 1.165) is 18.7 Å². The van der Waals surface area contributed by atoms with E-state index in [1.54, 1.807) is 6.26 Å². The highest BCUT2D eigenvalue weighted by atomic mass is 16.3. The lowest BCUT2D eigenvalue weighted by molar-refractivity contribution is 0.252. The molecule has 2 nitrogen and oxygen atoms in total. The molecule has 1 aliphatic heterocycles. The quantitative estimate of drug-likeness (QED) is 0.824. The Hall–Kier alpha value is -0.760. The highest BCUT2D eigenvalue weighted by Gasteiger charge is 2.37. The Morgan fingerprint density at radius 2 is 2.33 bits per heavy atom. The molecule has 1 aromatic heterocycles. The van der Waals surface area contributed by atoms with E-state index in [0.29, 0.717) is 5.92 Å². The van der Waals surface area contributed by atoms with E-state index in [9.17, 15) is 0 Å². The second-order valence-corrected chi connectivity index (χ2v) is 5.04. The van der Waals surface area contributed by atoms with Gasteiger partial charge in [-0.25, -0.2) is 0 Å². The molecule has 0 amide bonds. The molecule has 2 heteroatoms. The minimum atomic E-state index is 0.266. The van der Waals surface area contributed by atoms with Gasteiger partial charge in [0.1, 0.15) is 5.76 Å². The minimum Gasteiger partial charge on any atom is -0.469 e. The van der Waals surface area contributed by atoms with E-state index >= 15 is 0 Å². The lowest BCUT2D eigenvalue weighted by atomic mass is 9.81. The molecule has 15 heavy (non-hydrogen) atoms. The van der Waals surface area contributed by atoms with Crippen molar-refractivity contribution >= 4 is 0 Å². The number of rotatable bonds is 3. The first kappa shape index (κ1) is 10.7. The molecule has 1 unspecified atom stereocenters. The van der Waals surface area contributed by atoms with E-state index < -0.39 is 0 Å². The summed E-state index contributed by atoms with van der Waals surface area (Å²) in [5.74, 6) is 1.81. The van der Waals surface area contributed by atoms with Crippen molar-refractivity contribution < 1.29 is 4.42 Å². The van der Waals surface area contributed by atoms with Gasteiger partial charge in [0.15, 0.2) is 0 Å². The van der Waals surface area contributed by atoms with Crippen LogP contribution in [-0.2, 0) is 6.42 Å². The second kappa shape index (κ2) is 4.01. The van der Waals surface area contributed by atoms with Crippen molar-refractivity contribution in [3.05, 3.63) is 23.7 Å². The van der Waals surface area contributed by atoms with Gasteiger partial charge in [0, 0.05) is 12.0 Å². The summed E-state index contributed by atoms with van der Waals surface area (Å²) in [5.41, 5.74) is 1.55. The van der Waals surface area contributed by atoms with Crippen molar-refractivity contribution in [1.82, 2.24) is 5.32 Å². The molecule has 1 saturated heterocycles. The van der Waals surface area contributed by atoms with Crippen molar-refractivity contribution in [3.63, 3.8) is 0 Å². The van der Waals surface area contributed by atoms with E-state index in [1.165, 1.54) is 18.4 Å². The molecule has 0 radical (unpaired) electrons. The Kier molecular flexibility index (Phi) is 2.87. The zero-order valence-electron chi connectivity index (χ0n) is 9.97. The van der Waals surface area contributed by atoms with Crippen molar-refractivity contribution in [2.24, 2.45) is 5.92 Å². The van der Waals surface area contributed by atoms with Crippen LogP contribution in [0.1, 0.15) is 38.0 Å². The first-order valence-corrected chi connectivity index (χ1v) is 5.92. The fourth-order valence-electron chi connectivity index (χ4n) is 2.55. The van der Waals surface area contributed by atoms with Crippen molar-refractivity contribution in [2.45, 2.75) is 45.6 Å². The van der Waals surface area contributed by atoms with Gasteiger partial charge in [-0.05, 0) is 43.9 Å². The van der Waals surface area contributed by atoms with Crippen LogP contribution >= 0.6 is 0 Å². The van der Waals surface area contributed by atoms with Crippen LogP contribution in [0.4, 0.5) is 0 Å². The van der Waals surface area contributed by atoms with E-state index in [-0.39, 0.29) is 5.54 Å². The molecular weight excluding hydrogens is 186 g/mol. The summed E-state index contributed by atoms with van der Waals surface area (Å²) in [6.45, 7) is 7.88. The fourth-order valence-corrected chi connectivity index (χ4v) is 2.55. The first-order chi connectivity index (χ1) is 7.14. The molecule has 1 aromatic rings. The van der Waals surface area contributed by atoms with Gasteiger partial charge in [-0.3, -0.25) is 0 Å². The van der Waals surface area contributed by atoms with Gasteiger partial charge < -0.3 is 9.73 Å². The van der Waals surface area contributed by atoms with Crippen LogP contribution in [0.3, 0.4) is 0 Å². The van der Waals surface area contributed by atoms with Crippen LogP contribution in [0.5, 0.6) is 0 Å². The van der Waals surface area contributed by atoms with E-state index in [4.69, 9.17) is 4.42 Å². The number of nitrogens with one attached hydrogen (secondary N) is 1. The molecule has 0 aromatic carbocycles. The molecule has 1 aliphatic rings. The maximum atomic E-state index is 5.56. The highest BCUT2D eigenvalue weighted by Crippen LogP contribution is 2.32. The average molecular weight is 207 g/mol. The summed E-state index contributed by atoms with van der Waals surface area (Å²) in [6.07, 6.45) is 5.39. The largest absolute Gasteiger partial charge is 0.469 e. The molecule has 84 valence electrons. The monoisotopic (exact) mass is 207 g/mol. The predicted octanol–water partition coefficient (Wildman–Crippen LogP) is 2.91. The van der Waals surface area contributed by atoms with Gasteiger partial charge in [0.2, 0.25) is 0 Å². The third-order valence-electron chi connectivity index (χ3n) is 3.83. The molecular formula is C13H21NO. The fraction of sp³-hybridized carbons (Fsp3) is 0.692. The maximum absolute atomic E-state index is 5.56. The number of hydrogen-bond acceptors (Lipinski definition) is 2. The molecule has 0 spiro atoms. The van der Waals surface area contributed by atoms with Gasteiger partial charge in [0.05, 0.1) is 6.26 Å². The Balaban J connectivity index is 2.17. The summed E-state index contributed by atoms with van der Waals surface area (Å²) in [4.78, 5) is 0. The summed E-state index contributed by atoms with van der Waals surface area (Å²) >= 11 is 0. The van der Waals surface area contributed by atoms with Gasteiger partial charge in [0.25, 0.3) is 0 Å². The van der Waals surface area contributed by atoms with Crippen LogP contribution < -0.4 is 5.32 Å². The molecule has 0 saturated carbocycles. The topological polar surface area (TPSA) is 25.2 Å². The summed E-state index contributed by atoms with van der Waals surface area (Å²) < 4.78 is 5.56. The average Bonchev–Trinajstić information content (AvgIpc) is 2.78. The van der Waals surface area contributed by atoms with E-state index in [2.05, 4.69) is 32.2 Å². The molecule has 1 N–H and O–H groups in total. The Morgan fingerprint density at radius 3 is 2.80 bits per heavy atom. The molecule has 1 fully saturated rings. The summed E-state index contributed by atoms with van der Waals surface area (Å²) in [5, 5.41) is 3.68. The van der Waals surface area contributed by atoms with Crippen LogP contribution in [-0.4, -0.2) is 12.1 Å². The zero-order valence-corrected chi connectivity index (χ0v) is 9.97. The number of furan rings is 1. The molecule has 2 heterocycles. The molecule has 0 bridgehead atoms. The van der Waals surface area contributed by atoms with Crippen molar-refractivity contribution in [3.8, 4) is 0 Å². The summed E-state index contributed by atoms with van der Waals surface area (Å²) in [7, 11) is 0. The smallest absolute Gasteiger partial charge is 0.108 e. The first-order valence-electron chi connectivity index (χ1n) is 5.92. The number of hydrogen-bond donors (Lipinski definition) is 1. The Bertz CT molecular complexity index is 321. The van der Waals surface area contributed by atoms with Crippen molar-refractivity contribution in [2.75, 3.05) is 6.54 Å². The van der Waals surface area contributed by atoms with Crippen molar-refractivity contribution in [1.29, 1.82) is 0 Å². The Labute approximate surface area is 92.1 Å². The zero-order chi connectivity index (χ0) is 10.9. The van der Waals surface area contributed by atoms with Gasteiger partial charge >= 0.3 is 0 Å². The SMILES string of the molecule is Cc1ccoc1CC1(C(C)C)CCCN1. The standard InChI is InChI=1S/C13H21NO/c1-10(2)13(6-4-7-14-13)9-12-11(3)5-8-15-12/h5,8,10,14H,4,6-7,9H2,1-3H3. The second-order valence-electron chi connectivity index (χ2n) is 5.04. The third-order valence-corrected chi connectivity index (χ3v) is 3.83. The minimum absolute atomic E-state index is 0.266.